The van der Waals surface area contributed by atoms with E-state index >= 15 is 0 Å². The first-order valence-electron chi connectivity index (χ1n) is 3.28. The van der Waals surface area contributed by atoms with Crippen molar-refractivity contribution in [3.63, 3.8) is 0 Å². The van der Waals surface area contributed by atoms with Crippen molar-refractivity contribution < 1.29 is 4.79 Å². The molecule has 66 valence electrons. The van der Waals surface area contributed by atoms with E-state index in [1.54, 1.807) is 0 Å². The molecule has 0 aliphatic carbocycles. The molecule has 0 saturated heterocycles. The van der Waals surface area contributed by atoms with E-state index in [2.05, 4.69) is 31.9 Å². The van der Waals surface area contributed by atoms with Gasteiger partial charge in [0, 0.05) is 16.6 Å². The van der Waals surface area contributed by atoms with Gasteiger partial charge in [0.1, 0.15) is 0 Å². The smallest absolute Gasteiger partial charge is 0.222 e. The van der Waals surface area contributed by atoms with Gasteiger partial charge >= 0.3 is 0 Å². The normalized spacial score (nSPS) is 14.6. The second kappa shape index (κ2) is 4.83. The number of rotatable bonds is 4. The van der Waals surface area contributed by atoms with Crippen LogP contribution in [0.25, 0.3) is 0 Å². The summed E-state index contributed by atoms with van der Waals surface area (Å²) in [4.78, 5) is 10.9. The standard InChI is InChI=1S/C7H11Br2ClO/c1-7(2,3-6(10)11)5(9)4-8/h5H,3-4H2,1-2H3. The Labute approximate surface area is 89.1 Å². The molecule has 0 bridgehead atoms. The van der Waals surface area contributed by atoms with Crippen LogP contribution >= 0.6 is 43.5 Å². The Bertz CT molecular complexity index is 147. The lowest BCUT2D eigenvalue weighted by Crippen LogP contribution is -2.27. The minimum atomic E-state index is -0.277. The van der Waals surface area contributed by atoms with Crippen LogP contribution in [0.4, 0.5) is 0 Å². The molecule has 0 saturated carbocycles. The monoisotopic (exact) mass is 304 g/mol. The van der Waals surface area contributed by atoms with Gasteiger partial charge in [-0.15, -0.1) is 0 Å². The van der Waals surface area contributed by atoms with Crippen LogP contribution in [0.1, 0.15) is 20.3 Å². The van der Waals surface area contributed by atoms with Crippen LogP contribution in [0, 0.1) is 5.41 Å². The van der Waals surface area contributed by atoms with Crippen molar-refractivity contribution in [2.24, 2.45) is 5.41 Å². The summed E-state index contributed by atoms with van der Waals surface area (Å²) in [6, 6.07) is 0. The number of hydrogen-bond acceptors (Lipinski definition) is 1. The lowest BCUT2D eigenvalue weighted by Gasteiger charge is -2.27. The molecule has 1 nitrogen and oxygen atoms in total. The van der Waals surface area contributed by atoms with E-state index in [0.717, 1.165) is 5.33 Å². The summed E-state index contributed by atoms with van der Waals surface area (Å²) >= 11 is 12.1. The second-order valence-electron chi connectivity index (χ2n) is 3.14. The maximum Gasteiger partial charge on any atom is 0.222 e. The molecular formula is C7H11Br2ClO. The molecule has 0 aromatic rings. The third-order valence-electron chi connectivity index (χ3n) is 1.58. The molecule has 0 fully saturated rings. The van der Waals surface area contributed by atoms with Gasteiger partial charge in [0.2, 0.25) is 5.24 Å². The van der Waals surface area contributed by atoms with Crippen molar-refractivity contribution in [3.05, 3.63) is 0 Å². The molecule has 0 aliphatic heterocycles. The maximum atomic E-state index is 10.6. The third kappa shape index (κ3) is 4.48. The first-order valence-corrected chi connectivity index (χ1v) is 5.70. The summed E-state index contributed by atoms with van der Waals surface area (Å²) in [5, 5.41) is 0.546. The van der Waals surface area contributed by atoms with Crippen LogP contribution in [0.5, 0.6) is 0 Å². The van der Waals surface area contributed by atoms with Gasteiger partial charge in [0.25, 0.3) is 0 Å². The summed E-state index contributed by atoms with van der Waals surface area (Å²) in [7, 11) is 0. The van der Waals surface area contributed by atoms with E-state index < -0.39 is 0 Å². The molecule has 0 radical (unpaired) electrons. The number of hydrogen-bond donors (Lipinski definition) is 0. The molecule has 0 amide bonds. The zero-order chi connectivity index (χ0) is 9.07. The van der Waals surface area contributed by atoms with Crippen molar-refractivity contribution >= 4 is 48.7 Å². The highest BCUT2D eigenvalue weighted by Gasteiger charge is 2.28. The van der Waals surface area contributed by atoms with Gasteiger partial charge in [-0.25, -0.2) is 0 Å². The number of halogens is 3. The second-order valence-corrected chi connectivity index (χ2v) is 5.32. The summed E-state index contributed by atoms with van der Waals surface area (Å²) in [5.41, 5.74) is -0.0810. The van der Waals surface area contributed by atoms with E-state index in [1.807, 2.05) is 13.8 Å². The largest absolute Gasteiger partial charge is 0.281 e. The van der Waals surface area contributed by atoms with Crippen LogP contribution in [-0.4, -0.2) is 15.4 Å². The van der Waals surface area contributed by atoms with E-state index in [9.17, 15) is 4.79 Å². The van der Waals surface area contributed by atoms with E-state index in [1.165, 1.54) is 0 Å². The summed E-state index contributed by atoms with van der Waals surface area (Å²) < 4.78 is 0. The van der Waals surface area contributed by atoms with Crippen molar-refractivity contribution in [2.45, 2.75) is 25.1 Å². The van der Waals surface area contributed by atoms with Crippen LogP contribution in [-0.2, 0) is 4.79 Å². The highest BCUT2D eigenvalue weighted by Crippen LogP contribution is 2.32. The molecule has 0 spiro atoms. The van der Waals surface area contributed by atoms with Gasteiger partial charge in [0.15, 0.2) is 0 Å². The average molecular weight is 306 g/mol. The zero-order valence-corrected chi connectivity index (χ0v) is 10.5. The van der Waals surface area contributed by atoms with Crippen LogP contribution in [0.15, 0.2) is 0 Å². The number of carbonyl (C=O) groups excluding carboxylic acids is 1. The highest BCUT2D eigenvalue weighted by atomic mass is 79.9. The Morgan fingerprint density at radius 3 is 2.36 bits per heavy atom. The van der Waals surface area contributed by atoms with Crippen LogP contribution in [0.2, 0.25) is 0 Å². The average Bonchev–Trinajstić information content (AvgIpc) is 1.83. The fourth-order valence-corrected chi connectivity index (χ4v) is 2.06. The van der Waals surface area contributed by atoms with Crippen molar-refractivity contribution in [1.82, 2.24) is 0 Å². The minimum Gasteiger partial charge on any atom is -0.281 e. The third-order valence-corrected chi connectivity index (χ3v) is 4.79. The van der Waals surface area contributed by atoms with Crippen molar-refractivity contribution in [1.29, 1.82) is 0 Å². The first kappa shape index (κ1) is 11.9. The Morgan fingerprint density at radius 1 is 1.64 bits per heavy atom. The molecule has 0 aromatic carbocycles. The minimum absolute atomic E-state index is 0.0810. The van der Waals surface area contributed by atoms with E-state index in [0.29, 0.717) is 6.42 Å². The Balaban J connectivity index is 4.08. The lowest BCUT2D eigenvalue weighted by atomic mass is 9.87. The zero-order valence-electron chi connectivity index (χ0n) is 6.53. The molecule has 1 unspecified atom stereocenters. The Kier molecular flexibility index (Phi) is 5.23. The molecule has 4 heteroatoms. The topological polar surface area (TPSA) is 17.1 Å². The molecule has 0 aliphatic rings. The number of alkyl halides is 2. The fourth-order valence-electron chi connectivity index (χ4n) is 0.678. The highest BCUT2D eigenvalue weighted by molar-refractivity contribution is 9.12. The molecule has 11 heavy (non-hydrogen) atoms. The van der Waals surface area contributed by atoms with Crippen molar-refractivity contribution in [3.8, 4) is 0 Å². The van der Waals surface area contributed by atoms with Gasteiger partial charge in [0.05, 0.1) is 0 Å². The van der Waals surface area contributed by atoms with Gasteiger partial charge in [-0.3, -0.25) is 4.79 Å². The van der Waals surface area contributed by atoms with Crippen LogP contribution in [0.3, 0.4) is 0 Å². The van der Waals surface area contributed by atoms with E-state index in [4.69, 9.17) is 11.6 Å². The quantitative estimate of drug-likeness (QED) is 0.575. The predicted octanol–water partition coefficient (Wildman–Crippen LogP) is 3.33. The molecule has 0 heterocycles. The molecule has 0 aromatic heterocycles. The lowest BCUT2D eigenvalue weighted by molar-refractivity contribution is -0.113. The molecular weight excluding hydrogens is 295 g/mol. The number of carbonyl (C=O) groups is 1. The summed E-state index contributed by atoms with van der Waals surface area (Å²) in [6.45, 7) is 4.02. The first-order chi connectivity index (χ1) is 4.90. The maximum absolute atomic E-state index is 10.6. The van der Waals surface area contributed by atoms with Gasteiger partial charge in [-0.05, 0) is 17.0 Å². The molecule has 1 atom stereocenters. The van der Waals surface area contributed by atoms with Gasteiger partial charge in [-0.1, -0.05) is 45.7 Å². The van der Waals surface area contributed by atoms with Gasteiger partial charge in [-0.2, -0.15) is 0 Å². The predicted molar refractivity (Wildman–Crippen MR) is 55.8 cm³/mol. The van der Waals surface area contributed by atoms with Gasteiger partial charge < -0.3 is 0 Å². The summed E-state index contributed by atoms with van der Waals surface area (Å²) in [5.74, 6) is 0. The van der Waals surface area contributed by atoms with E-state index in [-0.39, 0.29) is 15.5 Å². The Hall–Kier alpha value is 0.920. The van der Waals surface area contributed by atoms with Crippen molar-refractivity contribution in [2.75, 3.05) is 5.33 Å². The Morgan fingerprint density at radius 2 is 2.09 bits per heavy atom. The summed E-state index contributed by atoms with van der Waals surface area (Å²) in [6.07, 6.45) is 0.399. The van der Waals surface area contributed by atoms with Crippen LogP contribution < -0.4 is 0 Å². The molecule has 0 rings (SSSR count). The SMILES string of the molecule is CC(C)(CC(=O)Cl)C(Br)CBr. The molecule has 0 N–H and O–H groups in total. The fraction of sp³-hybridized carbons (Fsp3) is 0.857.